The number of fused-ring (bicyclic) bond motifs is 3. The molecule has 0 radical (unpaired) electrons. The van der Waals surface area contributed by atoms with E-state index in [1.165, 1.54) is 4.90 Å². The number of hydrogen-bond acceptors (Lipinski definition) is 9. The van der Waals surface area contributed by atoms with Crippen LogP contribution in [0.4, 0.5) is 0 Å². The van der Waals surface area contributed by atoms with Gasteiger partial charge in [-0.15, -0.1) is 0 Å². The van der Waals surface area contributed by atoms with Gasteiger partial charge in [0.25, 0.3) is 5.91 Å². The summed E-state index contributed by atoms with van der Waals surface area (Å²) in [5.41, 5.74) is 9.09. The molecule has 10 nitrogen and oxygen atoms in total. The third-order valence-electron chi connectivity index (χ3n) is 7.84. The van der Waals surface area contributed by atoms with E-state index in [-0.39, 0.29) is 36.3 Å². The minimum Gasteiger partial charge on any atom is -0.508 e. The number of Topliss-reactive ketones (excluding diaryl/α,β-unsaturated/α-hetero) is 2. The lowest BCUT2D eigenvalue weighted by atomic mass is 9.57. The van der Waals surface area contributed by atoms with Crippen LogP contribution in [0.2, 0.25) is 0 Å². The highest BCUT2D eigenvalue weighted by Gasteiger charge is 2.64. The third-order valence-corrected chi connectivity index (χ3v) is 7.84. The van der Waals surface area contributed by atoms with Crippen molar-refractivity contribution in [3.8, 4) is 5.75 Å². The van der Waals surface area contributed by atoms with Crippen molar-refractivity contribution >= 4 is 23.2 Å². The topological polar surface area (TPSA) is 187 Å². The molecule has 3 aliphatic rings. The molecular weight excluding hydrogens is 466 g/mol. The highest BCUT2D eigenvalue weighted by molar-refractivity contribution is 6.24. The van der Waals surface area contributed by atoms with Crippen LogP contribution in [0.3, 0.4) is 0 Å². The Labute approximate surface area is 208 Å². The number of amides is 1. The number of carbonyl (C=O) groups is 3. The quantitative estimate of drug-likeness (QED) is 0.326. The number of phenolic OH excluding ortho intramolecular Hbond substituents is 1. The lowest BCUT2D eigenvalue weighted by molar-refractivity contribution is -0.153. The van der Waals surface area contributed by atoms with E-state index in [0.29, 0.717) is 16.7 Å². The van der Waals surface area contributed by atoms with Crippen LogP contribution in [0.25, 0.3) is 5.76 Å². The molecule has 1 fully saturated rings. The Balaban J connectivity index is 2.02. The summed E-state index contributed by atoms with van der Waals surface area (Å²) in [6.45, 7) is 5.79. The van der Waals surface area contributed by atoms with Crippen LogP contribution in [0.5, 0.6) is 5.75 Å². The Bertz CT molecular complexity index is 1270. The van der Waals surface area contributed by atoms with Gasteiger partial charge in [0.15, 0.2) is 11.4 Å². The van der Waals surface area contributed by atoms with E-state index >= 15 is 0 Å². The van der Waals surface area contributed by atoms with Crippen LogP contribution in [-0.2, 0) is 32.8 Å². The Morgan fingerprint density at radius 1 is 1.19 bits per heavy atom. The number of likely N-dealkylation sites (N-methyl/N-ethyl adjacent to an activating group) is 1. The molecule has 4 atom stereocenters. The van der Waals surface area contributed by atoms with Gasteiger partial charge in [-0.2, -0.15) is 0 Å². The van der Waals surface area contributed by atoms with Gasteiger partial charge in [0.2, 0.25) is 5.78 Å². The molecular formula is C26H33N3O7. The highest BCUT2D eigenvalue weighted by Crippen LogP contribution is 2.53. The Kier molecular flexibility index (Phi) is 5.86. The molecule has 1 aromatic carbocycles. The van der Waals surface area contributed by atoms with E-state index in [2.05, 4.69) is 0 Å². The van der Waals surface area contributed by atoms with Gasteiger partial charge >= 0.3 is 0 Å². The van der Waals surface area contributed by atoms with Crippen LogP contribution in [0.15, 0.2) is 23.0 Å². The van der Waals surface area contributed by atoms with Gasteiger partial charge in [0.1, 0.15) is 22.8 Å². The van der Waals surface area contributed by atoms with Gasteiger partial charge in [0.05, 0.1) is 11.6 Å². The largest absolute Gasteiger partial charge is 0.508 e. The van der Waals surface area contributed by atoms with E-state index in [0.717, 1.165) is 0 Å². The molecule has 36 heavy (non-hydrogen) atoms. The summed E-state index contributed by atoms with van der Waals surface area (Å²) < 4.78 is 0. The Morgan fingerprint density at radius 2 is 1.81 bits per heavy atom. The van der Waals surface area contributed by atoms with Crippen molar-refractivity contribution in [3.63, 3.8) is 0 Å². The molecule has 0 aliphatic heterocycles. The molecule has 0 bridgehead atoms. The molecule has 1 amide bonds. The molecule has 0 unspecified atom stereocenters. The van der Waals surface area contributed by atoms with E-state index in [9.17, 15) is 34.8 Å². The second-order valence-electron chi connectivity index (χ2n) is 11.2. The maximum Gasteiger partial charge on any atom is 0.255 e. The summed E-state index contributed by atoms with van der Waals surface area (Å²) in [5.74, 6) is -6.62. The van der Waals surface area contributed by atoms with Gasteiger partial charge in [-0.1, -0.05) is 20.8 Å². The fourth-order valence-electron chi connectivity index (χ4n) is 6.14. The van der Waals surface area contributed by atoms with Crippen LogP contribution in [0, 0.1) is 11.8 Å². The fourth-order valence-corrected chi connectivity index (χ4v) is 6.14. The van der Waals surface area contributed by atoms with Crippen LogP contribution in [0.1, 0.15) is 49.4 Å². The minimum atomic E-state index is -2.65. The molecule has 0 spiro atoms. The van der Waals surface area contributed by atoms with Crippen LogP contribution >= 0.6 is 0 Å². The number of carbonyl (C=O) groups excluding carboxylic acids is 3. The number of hydrogen-bond donors (Lipinski definition) is 6. The maximum absolute atomic E-state index is 13.9. The summed E-state index contributed by atoms with van der Waals surface area (Å²) >= 11 is 0. The number of aliphatic hydroxyl groups excluding tert-OH is 2. The summed E-state index contributed by atoms with van der Waals surface area (Å²) in [4.78, 5) is 40.5. The normalized spacial score (nSPS) is 28.3. The number of nitrogens with two attached hydrogens (primary N) is 2. The average molecular weight is 500 g/mol. The first-order chi connectivity index (χ1) is 16.6. The van der Waals surface area contributed by atoms with E-state index in [4.69, 9.17) is 11.5 Å². The third kappa shape index (κ3) is 3.31. The first-order valence-corrected chi connectivity index (χ1v) is 11.8. The SMILES string of the molecule is CN(C)[C@H]1C(=O)C(C(N)=O)=C(O)[C@@]2(O)C(=O)C3=C(O)c4c(O)c(C(C)(C)C)cc(CN)c4C[C@@H]3C[C@H]12. The zero-order valence-electron chi connectivity index (χ0n) is 21.0. The van der Waals surface area contributed by atoms with E-state index < -0.39 is 63.5 Å². The number of nitrogens with zero attached hydrogens (tertiary/aromatic N) is 1. The standard InChI is InChI=1S/C26H33N3O7/c1-25(2,3)14-8-11(9-27)12-6-10-7-13-18(29(4)5)21(32)17(24(28)35)23(34)26(13,36)22(33)15(10)20(31)16(12)19(14)30/h8,10,13,18,30-31,34,36H,6-7,9,27H2,1-5H3,(H2,28,35)/t10-,13-,18-,26+/m1/s1. The number of primary amides is 1. The first-order valence-electron chi connectivity index (χ1n) is 11.8. The first kappa shape index (κ1) is 25.9. The van der Waals surface area contributed by atoms with Crippen molar-refractivity contribution < 1.29 is 34.8 Å². The maximum atomic E-state index is 13.9. The summed E-state index contributed by atoms with van der Waals surface area (Å²) in [7, 11) is 3.12. The van der Waals surface area contributed by atoms with Crippen molar-refractivity contribution in [1.29, 1.82) is 0 Å². The molecule has 1 saturated carbocycles. The molecule has 4 rings (SSSR count). The predicted molar refractivity (Wildman–Crippen MR) is 131 cm³/mol. The Hall–Kier alpha value is -3.21. The number of aliphatic hydroxyl groups is 3. The van der Waals surface area contributed by atoms with Gasteiger partial charge < -0.3 is 31.9 Å². The molecule has 0 heterocycles. The van der Waals surface area contributed by atoms with E-state index in [1.807, 2.05) is 20.8 Å². The second kappa shape index (κ2) is 8.16. The number of phenols is 1. The van der Waals surface area contributed by atoms with Crippen molar-refractivity contribution in [2.24, 2.45) is 23.3 Å². The number of aromatic hydroxyl groups is 1. The number of ketones is 2. The van der Waals surface area contributed by atoms with Crippen molar-refractivity contribution in [1.82, 2.24) is 4.90 Å². The fraction of sp³-hybridized carbons (Fsp3) is 0.500. The summed E-state index contributed by atoms with van der Waals surface area (Å²) in [5, 5.41) is 45.1. The smallest absolute Gasteiger partial charge is 0.255 e. The molecule has 3 aliphatic carbocycles. The van der Waals surface area contributed by atoms with Gasteiger partial charge in [-0.3, -0.25) is 19.3 Å². The average Bonchev–Trinajstić information content (AvgIpc) is 2.75. The molecule has 0 saturated heterocycles. The monoisotopic (exact) mass is 499 g/mol. The second-order valence-corrected chi connectivity index (χ2v) is 11.2. The van der Waals surface area contributed by atoms with Gasteiger partial charge in [-0.05, 0) is 55.5 Å². The molecule has 0 aromatic heterocycles. The van der Waals surface area contributed by atoms with Crippen molar-refractivity contribution in [2.75, 3.05) is 14.1 Å². The molecule has 10 heteroatoms. The zero-order chi connectivity index (χ0) is 27.1. The minimum absolute atomic E-state index is 0.0392. The zero-order valence-corrected chi connectivity index (χ0v) is 21.0. The van der Waals surface area contributed by atoms with Crippen LogP contribution < -0.4 is 11.5 Å². The lowest BCUT2D eigenvalue weighted by Gasteiger charge is -2.50. The van der Waals surface area contributed by atoms with Gasteiger partial charge in [-0.25, -0.2) is 0 Å². The lowest BCUT2D eigenvalue weighted by Crippen LogP contribution is -2.65. The van der Waals surface area contributed by atoms with Crippen LogP contribution in [-0.4, -0.2) is 68.5 Å². The van der Waals surface area contributed by atoms with E-state index in [1.54, 1.807) is 20.2 Å². The predicted octanol–water partition coefficient (Wildman–Crippen LogP) is 0.720. The Morgan fingerprint density at radius 3 is 2.31 bits per heavy atom. The van der Waals surface area contributed by atoms with Crippen molar-refractivity contribution in [2.45, 2.75) is 57.2 Å². The molecule has 194 valence electrons. The number of rotatable bonds is 3. The summed E-state index contributed by atoms with van der Waals surface area (Å²) in [6.07, 6.45) is 0.261. The molecule has 8 N–H and O–H groups in total. The van der Waals surface area contributed by atoms with Crippen molar-refractivity contribution in [3.05, 3.63) is 45.2 Å². The number of benzene rings is 1. The summed E-state index contributed by atoms with van der Waals surface area (Å²) in [6, 6.07) is 0.682. The molecule has 1 aromatic rings. The highest BCUT2D eigenvalue weighted by atomic mass is 16.3. The van der Waals surface area contributed by atoms with Gasteiger partial charge in [0, 0.05) is 23.6 Å².